The van der Waals surface area contributed by atoms with E-state index in [9.17, 15) is 9.18 Å². The summed E-state index contributed by atoms with van der Waals surface area (Å²) in [7, 11) is 0. The van der Waals surface area contributed by atoms with E-state index in [1.165, 1.54) is 18.2 Å². The molecule has 0 radical (unpaired) electrons. The Morgan fingerprint density at radius 2 is 2.05 bits per heavy atom. The fourth-order valence-electron chi connectivity index (χ4n) is 1.63. The Balaban J connectivity index is 2.20. The maximum atomic E-state index is 13.2. The van der Waals surface area contributed by atoms with Crippen molar-refractivity contribution in [2.24, 2.45) is 0 Å². The average Bonchev–Trinajstić information content (AvgIpc) is 2.80. The third-order valence-corrected chi connectivity index (χ3v) is 3.49. The Labute approximate surface area is 124 Å². The van der Waals surface area contributed by atoms with Crippen molar-refractivity contribution in [2.45, 2.75) is 26.2 Å². The quantitative estimate of drug-likeness (QED) is 0.872. The minimum atomic E-state index is -0.462. The minimum absolute atomic E-state index is 0.0879. The lowest BCUT2D eigenvalue weighted by molar-refractivity contribution is 0.102. The van der Waals surface area contributed by atoms with E-state index in [-0.39, 0.29) is 11.0 Å². The van der Waals surface area contributed by atoms with Crippen molar-refractivity contribution in [3.63, 3.8) is 0 Å². The Hall–Kier alpha value is -1.69. The van der Waals surface area contributed by atoms with Gasteiger partial charge < -0.3 is 5.32 Å². The molecule has 0 unspecified atom stereocenters. The zero-order valence-electron chi connectivity index (χ0n) is 11.4. The monoisotopic (exact) mass is 339 g/mol. The fraction of sp³-hybridized carbons (Fsp3) is 0.286. The number of H-pyrrole nitrogens is 1. The van der Waals surface area contributed by atoms with Gasteiger partial charge in [-0.15, -0.1) is 0 Å². The highest BCUT2D eigenvalue weighted by Gasteiger charge is 2.18. The van der Waals surface area contributed by atoms with Gasteiger partial charge in [-0.2, -0.15) is 5.10 Å². The summed E-state index contributed by atoms with van der Waals surface area (Å²) in [6, 6.07) is 5.73. The molecule has 0 saturated carbocycles. The van der Waals surface area contributed by atoms with Gasteiger partial charge in [-0.05, 0) is 34.1 Å². The zero-order valence-corrected chi connectivity index (χ0v) is 13.0. The second kappa shape index (κ2) is 5.36. The number of aromatic amines is 1. The van der Waals surface area contributed by atoms with E-state index in [2.05, 4.69) is 31.4 Å². The van der Waals surface area contributed by atoms with Crippen molar-refractivity contribution >= 4 is 27.7 Å². The number of carbonyl (C=O) groups is 1. The number of hydrogen-bond donors (Lipinski definition) is 2. The van der Waals surface area contributed by atoms with Crippen LogP contribution in [-0.4, -0.2) is 16.1 Å². The summed E-state index contributed by atoms with van der Waals surface area (Å²) in [5.74, 6) is -0.463. The predicted octanol–water partition coefficient (Wildman–Crippen LogP) is 3.86. The Morgan fingerprint density at radius 1 is 1.35 bits per heavy atom. The Morgan fingerprint density at radius 3 is 2.65 bits per heavy atom. The average molecular weight is 340 g/mol. The number of halogens is 2. The second-order valence-corrected chi connectivity index (χ2v) is 6.35. The lowest BCUT2D eigenvalue weighted by Gasteiger charge is -2.14. The lowest BCUT2D eigenvalue weighted by atomic mass is 9.92. The van der Waals surface area contributed by atoms with Crippen LogP contribution in [0, 0.1) is 5.82 Å². The molecule has 0 aliphatic rings. The molecule has 1 amide bonds. The molecule has 0 spiro atoms. The van der Waals surface area contributed by atoms with Crippen LogP contribution >= 0.6 is 15.9 Å². The van der Waals surface area contributed by atoms with Crippen molar-refractivity contribution in [2.75, 3.05) is 5.32 Å². The van der Waals surface area contributed by atoms with E-state index < -0.39 is 11.7 Å². The van der Waals surface area contributed by atoms with Crippen molar-refractivity contribution < 1.29 is 9.18 Å². The van der Waals surface area contributed by atoms with E-state index in [0.717, 1.165) is 5.69 Å². The van der Waals surface area contributed by atoms with Gasteiger partial charge in [0, 0.05) is 21.6 Å². The lowest BCUT2D eigenvalue weighted by Crippen LogP contribution is -2.13. The summed E-state index contributed by atoms with van der Waals surface area (Å²) < 4.78 is 13.7. The van der Waals surface area contributed by atoms with Crippen LogP contribution in [0.3, 0.4) is 0 Å². The molecule has 0 bridgehead atoms. The first-order chi connectivity index (χ1) is 9.27. The zero-order chi connectivity index (χ0) is 14.9. The summed E-state index contributed by atoms with van der Waals surface area (Å²) >= 11 is 3.23. The summed E-state index contributed by atoms with van der Waals surface area (Å²) in [6.45, 7) is 6.11. The fourth-order valence-corrected chi connectivity index (χ4v) is 2.05. The molecule has 0 aliphatic carbocycles. The number of nitrogens with one attached hydrogen (secondary N) is 2. The van der Waals surface area contributed by atoms with Crippen molar-refractivity contribution in [1.82, 2.24) is 10.2 Å². The third-order valence-electron chi connectivity index (χ3n) is 2.80. The molecule has 1 heterocycles. The van der Waals surface area contributed by atoms with Crippen LogP contribution < -0.4 is 5.32 Å². The molecule has 1 aromatic heterocycles. The van der Waals surface area contributed by atoms with Gasteiger partial charge in [-0.1, -0.05) is 20.8 Å². The maximum Gasteiger partial charge on any atom is 0.258 e. The number of anilines is 1. The number of amides is 1. The van der Waals surface area contributed by atoms with Crippen LogP contribution in [0.1, 0.15) is 36.8 Å². The number of benzene rings is 1. The molecule has 106 valence electrons. The van der Waals surface area contributed by atoms with Crippen LogP contribution in [0.5, 0.6) is 0 Å². The van der Waals surface area contributed by atoms with Gasteiger partial charge >= 0.3 is 0 Å². The number of nitrogens with zero attached hydrogens (tertiary/aromatic N) is 1. The molecule has 2 N–H and O–H groups in total. The summed E-state index contributed by atoms with van der Waals surface area (Å²) in [5.41, 5.74) is 1.05. The van der Waals surface area contributed by atoms with Crippen molar-refractivity contribution in [3.8, 4) is 0 Å². The van der Waals surface area contributed by atoms with Gasteiger partial charge in [-0.25, -0.2) is 4.39 Å². The number of aromatic nitrogens is 2. The molecule has 0 fully saturated rings. The number of carbonyl (C=O) groups excluding carboxylic acids is 1. The second-order valence-electron chi connectivity index (χ2n) is 5.50. The first-order valence-corrected chi connectivity index (χ1v) is 6.89. The molecule has 0 saturated heterocycles. The van der Waals surface area contributed by atoms with E-state index in [4.69, 9.17) is 0 Å². The largest absolute Gasteiger partial charge is 0.305 e. The standard InChI is InChI=1S/C14H15BrFN3O/c1-14(2,3)11-7-12(19-18-11)17-13(20)9-6-8(16)4-5-10(9)15/h4-7H,1-3H3,(H2,17,18,19,20). The van der Waals surface area contributed by atoms with Crippen LogP contribution in [0.2, 0.25) is 0 Å². The summed E-state index contributed by atoms with van der Waals surface area (Å²) in [4.78, 5) is 12.1. The van der Waals surface area contributed by atoms with Gasteiger partial charge in [0.1, 0.15) is 5.82 Å². The van der Waals surface area contributed by atoms with Crippen LogP contribution in [0.4, 0.5) is 10.2 Å². The van der Waals surface area contributed by atoms with Gasteiger partial charge in [-0.3, -0.25) is 9.89 Å². The van der Waals surface area contributed by atoms with E-state index >= 15 is 0 Å². The number of hydrogen-bond acceptors (Lipinski definition) is 2. The maximum absolute atomic E-state index is 13.2. The Kier molecular flexibility index (Phi) is 3.94. The smallest absolute Gasteiger partial charge is 0.258 e. The highest BCUT2D eigenvalue weighted by molar-refractivity contribution is 9.10. The van der Waals surface area contributed by atoms with E-state index in [1.54, 1.807) is 6.07 Å². The SMILES string of the molecule is CC(C)(C)c1cc(NC(=O)c2cc(F)ccc2Br)n[nH]1. The normalized spacial score (nSPS) is 11.4. The van der Waals surface area contributed by atoms with Gasteiger partial charge in [0.05, 0.1) is 5.56 Å². The molecule has 6 heteroatoms. The molecule has 1 aromatic carbocycles. The highest BCUT2D eigenvalue weighted by atomic mass is 79.9. The van der Waals surface area contributed by atoms with E-state index in [1.807, 2.05) is 20.8 Å². The molecular formula is C14H15BrFN3O. The highest BCUT2D eigenvalue weighted by Crippen LogP contribution is 2.23. The van der Waals surface area contributed by atoms with Crippen LogP contribution in [0.25, 0.3) is 0 Å². The minimum Gasteiger partial charge on any atom is -0.305 e. The molecule has 2 aromatic rings. The molecule has 4 nitrogen and oxygen atoms in total. The molecule has 20 heavy (non-hydrogen) atoms. The first kappa shape index (κ1) is 14.7. The van der Waals surface area contributed by atoms with Crippen molar-refractivity contribution in [1.29, 1.82) is 0 Å². The van der Waals surface area contributed by atoms with Crippen LogP contribution in [-0.2, 0) is 5.41 Å². The van der Waals surface area contributed by atoms with E-state index in [0.29, 0.717) is 10.3 Å². The third kappa shape index (κ3) is 3.25. The molecular weight excluding hydrogens is 325 g/mol. The van der Waals surface area contributed by atoms with Gasteiger partial charge in [0.15, 0.2) is 5.82 Å². The molecule has 2 rings (SSSR count). The molecule has 0 aliphatic heterocycles. The Bertz CT molecular complexity index is 646. The summed E-state index contributed by atoms with van der Waals surface area (Å²) in [6.07, 6.45) is 0. The van der Waals surface area contributed by atoms with Crippen molar-refractivity contribution in [3.05, 3.63) is 45.8 Å². The van der Waals surface area contributed by atoms with Gasteiger partial charge in [0.25, 0.3) is 5.91 Å². The summed E-state index contributed by atoms with van der Waals surface area (Å²) in [5, 5.41) is 9.55. The number of rotatable bonds is 2. The van der Waals surface area contributed by atoms with Gasteiger partial charge in [0.2, 0.25) is 0 Å². The topological polar surface area (TPSA) is 57.8 Å². The first-order valence-electron chi connectivity index (χ1n) is 6.09. The van der Waals surface area contributed by atoms with Crippen LogP contribution in [0.15, 0.2) is 28.7 Å². The molecule has 0 atom stereocenters. The predicted molar refractivity (Wildman–Crippen MR) is 79.3 cm³/mol.